The van der Waals surface area contributed by atoms with E-state index >= 15 is 0 Å². The normalized spacial score (nSPS) is 24.0. The first-order valence-electron chi connectivity index (χ1n) is 7.53. The van der Waals surface area contributed by atoms with Gasteiger partial charge in [-0.15, -0.1) is 0 Å². The van der Waals surface area contributed by atoms with E-state index in [1.165, 1.54) is 75.7 Å². The summed E-state index contributed by atoms with van der Waals surface area (Å²) in [5.74, 6) is 4.01. The van der Waals surface area contributed by atoms with Crippen LogP contribution in [0.5, 0.6) is 0 Å². The molecule has 1 nitrogen and oxygen atoms in total. The van der Waals surface area contributed by atoms with Crippen LogP contribution in [-0.2, 0) is 0 Å². The van der Waals surface area contributed by atoms with Crippen molar-refractivity contribution in [2.75, 3.05) is 0 Å². The van der Waals surface area contributed by atoms with Crippen LogP contribution >= 0.6 is 0 Å². The number of furan rings is 1. The Labute approximate surface area is 105 Å². The van der Waals surface area contributed by atoms with Crippen LogP contribution in [0.2, 0.25) is 0 Å². The number of hydrogen-bond acceptors (Lipinski definition) is 1. The maximum atomic E-state index is 6.16. The van der Waals surface area contributed by atoms with Gasteiger partial charge in [0.1, 0.15) is 11.5 Å². The lowest BCUT2D eigenvalue weighted by atomic mass is 9.87. The summed E-state index contributed by atoms with van der Waals surface area (Å²) in [7, 11) is 0. The highest BCUT2D eigenvalue weighted by Crippen LogP contribution is 2.38. The van der Waals surface area contributed by atoms with E-state index in [0.717, 1.165) is 11.8 Å². The SMILES string of the molecule is c1cc(C2CCCCC2)oc1C1CCCCC1. The van der Waals surface area contributed by atoms with Crippen molar-refractivity contribution in [2.45, 2.75) is 76.0 Å². The van der Waals surface area contributed by atoms with Gasteiger partial charge in [0.05, 0.1) is 0 Å². The van der Waals surface area contributed by atoms with Crippen LogP contribution in [0.3, 0.4) is 0 Å². The zero-order chi connectivity index (χ0) is 11.5. The molecule has 2 fully saturated rings. The molecule has 0 unspecified atom stereocenters. The molecule has 0 amide bonds. The summed E-state index contributed by atoms with van der Waals surface area (Å²) < 4.78 is 6.16. The monoisotopic (exact) mass is 232 g/mol. The quantitative estimate of drug-likeness (QED) is 0.667. The molecule has 2 aliphatic carbocycles. The van der Waals surface area contributed by atoms with Crippen molar-refractivity contribution in [3.8, 4) is 0 Å². The van der Waals surface area contributed by atoms with Crippen LogP contribution in [0, 0.1) is 0 Å². The Bertz CT molecular complexity index is 308. The Hall–Kier alpha value is -0.720. The summed E-state index contributed by atoms with van der Waals surface area (Å²) in [5.41, 5.74) is 0. The molecule has 3 rings (SSSR count). The lowest BCUT2D eigenvalue weighted by Crippen LogP contribution is -2.04. The van der Waals surface area contributed by atoms with Crippen LogP contribution in [0.4, 0.5) is 0 Å². The molecule has 2 saturated carbocycles. The summed E-state index contributed by atoms with van der Waals surface area (Å²) in [5, 5.41) is 0. The minimum atomic E-state index is 0.723. The van der Waals surface area contributed by atoms with Crippen LogP contribution in [0.1, 0.15) is 87.6 Å². The first kappa shape index (κ1) is 11.4. The van der Waals surface area contributed by atoms with Crippen molar-refractivity contribution < 1.29 is 4.42 Å². The third-order valence-corrected chi connectivity index (χ3v) is 4.66. The zero-order valence-electron chi connectivity index (χ0n) is 10.8. The molecule has 2 aliphatic rings. The van der Waals surface area contributed by atoms with Gasteiger partial charge in [0.2, 0.25) is 0 Å². The molecule has 1 heteroatoms. The lowest BCUT2D eigenvalue weighted by molar-refractivity contribution is 0.328. The van der Waals surface area contributed by atoms with Gasteiger partial charge in [-0.1, -0.05) is 38.5 Å². The Morgan fingerprint density at radius 2 is 1.06 bits per heavy atom. The average Bonchev–Trinajstić information content (AvgIpc) is 2.90. The largest absolute Gasteiger partial charge is 0.466 e. The van der Waals surface area contributed by atoms with Crippen LogP contribution in [0.15, 0.2) is 16.5 Å². The maximum absolute atomic E-state index is 6.16. The van der Waals surface area contributed by atoms with Gasteiger partial charge in [0.15, 0.2) is 0 Å². The fourth-order valence-electron chi connectivity index (χ4n) is 3.58. The Balaban J connectivity index is 1.68. The Kier molecular flexibility index (Phi) is 3.54. The molecule has 0 spiro atoms. The van der Waals surface area contributed by atoms with Crippen molar-refractivity contribution in [2.24, 2.45) is 0 Å². The van der Waals surface area contributed by atoms with E-state index in [4.69, 9.17) is 4.42 Å². The maximum Gasteiger partial charge on any atom is 0.107 e. The van der Waals surface area contributed by atoms with Gasteiger partial charge in [-0.2, -0.15) is 0 Å². The summed E-state index contributed by atoms with van der Waals surface area (Å²) in [4.78, 5) is 0. The van der Waals surface area contributed by atoms with E-state index in [1.54, 1.807) is 0 Å². The van der Waals surface area contributed by atoms with Gasteiger partial charge in [-0.3, -0.25) is 0 Å². The summed E-state index contributed by atoms with van der Waals surface area (Å²) in [6.45, 7) is 0. The molecule has 0 saturated heterocycles. The smallest absolute Gasteiger partial charge is 0.107 e. The average molecular weight is 232 g/mol. The second-order valence-electron chi connectivity index (χ2n) is 5.91. The summed E-state index contributed by atoms with van der Waals surface area (Å²) >= 11 is 0. The van der Waals surface area contributed by atoms with Crippen LogP contribution in [0.25, 0.3) is 0 Å². The first-order valence-corrected chi connectivity index (χ1v) is 7.53. The van der Waals surface area contributed by atoms with Crippen LogP contribution < -0.4 is 0 Å². The fourth-order valence-corrected chi connectivity index (χ4v) is 3.58. The van der Waals surface area contributed by atoms with Gasteiger partial charge in [0.25, 0.3) is 0 Å². The third-order valence-electron chi connectivity index (χ3n) is 4.66. The highest BCUT2D eigenvalue weighted by Gasteiger charge is 2.22. The molecule has 17 heavy (non-hydrogen) atoms. The Morgan fingerprint density at radius 1 is 0.647 bits per heavy atom. The first-order chi connectivity index (χ1) is 8.43. The molecular formula is C16H24O. The molecule has 1 heterocycles. The number of rotatable bonds is 2. The summed E-state index contributed by atoms with van der Waals surface area (Å²) in [6, 6.07) is 4.53. The van der Waals surface area contributed by atoms with Crippen molar-refractivity contribution >= 4 is 0 Å². The minimum absolute atomic E-state index is 0.723. The van der Waals surface area contributed by atoms with Gasteiger partial charge in [-0.25, -0.2) is 0 Å². The summed E-state index contributed by atoms with van der Waals surface area (Å²) in [6.07, 6.45) is 13.8. The Morgan fingerprint density at radius 3 is 1.47 bits per heavy atom. The molecule has 0 aromatic carbocycles. The van der Waals surface area contributed by atoms with E-state index < -0.39 is 0 Å². The molecule has 1 aromatic rings. The molecule has 0 N–H and O–H groups in total. The van der Waals surface area contributed by atoms with E-state index in [9.17, 15) is 0 Å². The van der Waals surface area contributed by atoms with E-state index in [2.05, 4.69) is 12.1 Å². The van der Waals surface area contributed by atoms with Gasteiger partial charge < -0.3 is 4.42 Å². The van der Waals surface area contributed by atoms with E-state index in [-0.39, 0.29) is 0 Å². The van der Waals surface area contributed by atoms with Gasteiger partial charge in [-0.05, 0) is 37.8 Å². The highest BCUT2D eigenvalue weighted by atomic mass is 16.3. The van der Waals surface area contributed by atoms with E-state index in [1.807, 2.05) is 0 Å². The van der Waals surface area contributed by atoms with Crippen molar-refractivity contribution in [3.05, 3.63) is 23.7 Å². The molecule has 0 atom stereocenters. The highest BCUT2D eigenvalue weighted by molar-refractivity contribution is 5.15. The van der Waals surface area contributed by atoms with Crippen molar-refractivity contribution in [3.63, 3.8) is 0 Å². The van der Waals surface area contributed by atoms with E-state index in [0.29, 0.717) is 0 Å². The molecule has 0 aliphatic heterocycles. The predicted octanol–water partition coefficient (Wildman–Crippen LogP) is 5.38. The predicted molar refractivity (Wildman–Crippen MR) is 70.4 cm³/mol. The van der Waals surface area contributed by atoms with Gasteiger partial charge in [0, 0.05) is 11.8 Å². The second kappa shape index (κ2) is 5.29. The third kappa shape index (κ3) is 2.59. The van der Waals surface area contributed by atoms with Crippen LogP contribution in [-0.4, -0.2) is 0 Å². The lowest BCUT2D eigenvalue weighted by Gasteiger charge is -2.21. The molecule has 94 valence electrons. The standard InChI is InChI=1S/C16H24O/c1-3-7-13(8-4-1)15-11-12-16(17-15)14-9-5-2-6-10-14/h11-14H,1-10H2. The fraction of sp³-hybridized carbons (Fsp3) is 0.750. The van der Waals surface area contributed by atoms with Crippen molar-refractivity contribution in [1.29, 1.82) is 0 Å². The number of hydrogen-bond donors (Lipinski definition) is 0. The molecule has 0 radical (unpaired) electrons. The van der Waals surface area contributed by atoms with Crippen molar-refractivity contribution in [1.82, 2.24) is 0 Å². The minimum Gasteiger partial charge on any atom is -0.466 e. The molecule has 0 bridgehead atoms. The second-order valence-corrected chi connectivity index (χ2v) is 5.91. The molecule has 1 aromatic heterocycles. The topological polar surface area (TPSA) is 13.1 Å². The molecular weight excluding hydrogens is 208 g/mol. The van der Waals surface area contributed by atoms with Gasteiger partial charge >= 0.3 is 0 Å². The zero-order valence-corrected chi connectivity index (χ0v) is 10.8.